The van der Waals surface area contributed by atoms with Crippen molar-refractivity contribution in [3.63, 3.8) is 0 Å². The van der Waals surface area contributed by atoms with Crippen molar-refractivity contribution in [1.82, 2.24) is 14.8 Å². The van der Waals surface area contributed by atoms with E-state index in [0.29, 0.717) is 34.0 Å². The monoisotopic (exact) mass is 528 g/mol. The van der Waals surface area contributed by atoms with Crippen LogP contribution in [0, 0.1) is 13.8 Å². The SMILES string of the molecule is C=CCn1c(COc2ccc(C(C)C)cc2)nnc1SCC(=O)Nc1sc(C)c(C)c1C(=O)OCC. The van der Waals surface area contributed by atoms with E-state index in [9.17, 15) is 9.59 Å². The summed E-state index contributed by atoms with van der Waals surface area (Å²) in [6.45, 7) is 14.6. The molecule has 3 rings (SSSR count). The van der Waals surface area contributed by atoms with Crippen LogP contribution in [0.4, 0.5) is 5.00 Å². The van der Waals surface area contributed by atoms with Crippen LogP contribution in [-0.4, -0.2) is 39.0 Å². The lowest BCUT2D eigenvalue weighted by Gasteiger charge is -2.10. The molecule has 0 spiro atoms. The molecule has 8 nitrogen and oxygen atoms in total. The number of anilines is 1. The second kappa shape index (κ2) is 12.7. The van der Waals surface area contributed by atoms with Gasteiger partial charge in [0.1, 0.15) is 17.4 Å². The quantitative estimate of drug-likeness (QED) is 0.182. The van der Waals surface area contributed by atoms with E-state index in [2.05, 4.69) is 48.1 Å². The van der Waals surface area contributed by atoms with Gasteiger partial charge >= 0.3 is 5.97 Å². The van der Waals surface area contributed by atoms with Gasteiger partial charge in [0.2, 0.25) is 5.91 Å². The Labute approximate surface area is 220 Å². The Morgan fingerprint density at radius 1 is 1.22 bits per heavy atom. The van der Waals surface area contributed by atoms with Crippen LogP contribution in [0.5, 0.6) is 5.75 Å². The van der Waals surface area contributed by atoms with Crippen molar-refractivity contribution in [3.8, 4) is 5.75 Å². The third-order valence-electron chi connectivity index (χ3n) is 5.47. The maximum Gasteiger partial charge on any atom is 0.341 e. The number of rotatable bonds is 12. The number of aryl methyl sites for hydroxylation is 1. The molecule has 1 N–H and O–H groups in total. The Hall–Kier alpha value is -3.11. The molecule has 2 aromatic heterocycles. The molecule has 3 aromatic rings. The summed E-state index contributed by atoms with van der Waals surface area (Å²) < 4.78 is 12.9. The number of esters is 1. The number of thiophene rings is 1. The van der Waals surface area contributed by atoms with Gasteiger partial charge in [0.05, 0.1) is 17.9 Å². The molecule has 0 radical (unpaired) electrons. The van der Waals surface area contributed by atoms with E-state index >= 15 is 0 Å². The van der Waals surface area contributed by atoms with Crippen LogP contribution in [0.2, 0.25) is 0 Å². The van der Waals surface area contributed by atoms with Crippen LogP contribution in [-0.2, 0) is 22.7 Å². The zero-order valence-electron chi connectivity index (χ0n) is 21.3. The van der Waals surface area contributed by atoms with Crippen LogP contribution in [0.1, 0.15) is 58.9 Å². The third kappa shape index (κ3) is 6.76. The topological polar surface area (TPSA) is 95.3 Å². The first kappa shape index (κ1) is 27.5. The van der Waals surface area contributed by atoms with Crippen molar-refractivity contribution in [2.24, 2.45) is 0 Å². The molecule has 0 saturated heterocycles. The Morgan fingerprint density at radius 2 is 1.94 bits per heavy atom. The first-order valence-electron chi connectivity index (χ1n) is 11.7. The predicted molar refractivity (Wildman–Crippen MR) is 144 cm³/mol. The second-order valence-electron chi connectivity index (χ2n) is 8.36. The van der Waals surface area contributed by atoms with Crippen molar-refractivity contribution in [2.75, 3.05) is 17.7 Å². The fraction of sp³-hybridized carbons (Fsp3) is 0.385. The number of nitrogens with one attached hydrogen (secondary N) is 1. The van der Waals surface area contributed by atoms with Gasteiger partial charge in [0.15, 0.2) is 11.0 Å². The lowest BCUT2D eigenvalue weighted by Crippen LogP contribution is -2.17. The minimum atomic E-state index is -0.434. The summed E-state index contributed by atoms with van der Waals surface area (Å²) in [5.74, 6) is 1.26. The van der Waals surface area contributed by atoms with Crippen molar-refractivity contribution in [3.05, 3.63) is 64.3 Å². The summed E-state index contributed by atoms with van der Waals surface area (Å²) in [5.41, 5.74) is 2.47. The van der Waals surface area contributed by atoms with Crippen LogP contribution >= 0.6 is 23.1 Å². The van der Waals surface area contributed by atoms with E-state index in [1.54, 1.807) is 13.0 Å². The van der Waals surface area contributed by atoms with E-state index in [1.807, 2.05) is 30.5 Å². The number of aromatic nitrogens is 3. The average molecular weight is 529 g/mol. The van der Waals surface area contributed by atoms with E-state index in [-0.39, 0.29) is 24.9 Å². The van der Waals surface area contributed by atoms with Gasteiger partial charge in [-0.1, -0.05) is 43.8 Å². The van der Waals surface area contributed by atoms with Gasteiger partial charge in [-0.2, -0.15) is 0 Å². The number of hydrogen-bond donors (Lipinski definition) is 1. The molecule has 10 heteroatoms. The van der Waals surface area contributed by atoms with Crippen molar-refractivity contribution in [1.29, 1.82) is 0 Å². The number of benzene rings is 1. The lowest BCUT2D eigenvalue weighted by molar-refractivity contribution is -0.113. The highest BCUT2D eigenvalue weighted by Crippen LogP contribution is 2.33. The maximum atomic E-state index is 12.7. The van der Waals surface area contributed by atoms with Crippen LogP contribution in [0.15, 0.2) is 42.1 Å². The molecule has 36 heavy (non-hydrogen) atoms. The van der Waals surface area contributed by atoms with Crippen molar-refractivity contribution >= 4 is 40.0 Å². The smallest absolute Gasteiger partial charge is 0.341 e. The van der Waals surface area contributed by atoms with E-state index in [4.69, 9.17) is 9.47 Å². The van der Waals surface area contributed by atoms with Crippen LogP contribution in [0.3, 0.4) is 0 Å². The summed E-state index contributed by atoms with van der Waals surface area (Å²) >= 11 is 2.62. The Kier molecular flexibility index (Phi) is 9.72. The summed E-state index contributed by atoms with van der Waals surface area (Å²) in [6, 6.07) is 8.00. The molecule has 0 aliphatic heterocycles. The number of nitrogens with zero attached hydrogens (tertiary/aromatic N) is 3. The number of carbonyl (C=O) groups is 2. The summed E-state index contributed by atoms with van der Waals surface area (Å²) in [5, 5.41) is 12.4. The van der Waals surface area contributed by atoms with Gasteiger partial charge in [0, 0.05) is 11.4 Å². The number of hydrogen-bond acceptors (Lipinski definition) is 8. The van der Waals surface area contributed by atoms with E-state index < -0.39 is 5.97 Å². The van der Waals surface area contributed by atoms with Gasteiger partial charge in [-0.25, -0.2) is 4.79 Å². The Balaban J connectivity index is 1.64. The molecule has 0 atom stereocenters. The average Bonchev–Trinajstić information content (AvgIpc) is 3.36. The first-order valence-corrected chi connectivity index (χ1v) is 13.5. The summed E-state index contributed by atoms with van der Waals surface area (Å²) in [6.07, 6.45) is 1.75. The predicted octanol–water partition coefficient (Wildman–Crippen LogP) is 5.75. The molecule has 0 unspecified atom stereocenters. The number of thioether (sulfide) groups is 1. The van der Waals surface area contributed by atoms with Gasteiger partial charge in [-0.15, -0.1) is 28.1 Å². The molecule has 2 heterocycles. The zero-order chi connectivity index (χ0) is 26.2. The van der Waals surface area contributed by atoms with Gasteiger partial charge in [0.25, 0.3) is 0 Å². The lowest BCUT2D eigenvalue weighted by atomic mass is 10.0. The minimum Gasteiger partial charge on any atom is -0.486 e. The second-order valence-corrected chi connectivity index (χ2v) is 10.5. The molecule has 192 valence electrons. The molecule has 0 aliphatic rings. The fourth-order valence-corrected chi connectivity index (χ4v) is 5.23. The van der Waals surface area contributed by atoms with Gasteiger partial charge in [-0.05, 0) is 49.9 Å². The highest BCUT2D eigenvalue weighted by molar-refractivity contribution is 7.99. The molecular weight excluding hydrogens is 496 g/mol. The first-order chi connectivity index (χ1) is 17.2. The molecule has 1 aromatic carbocycles. The van der Waals surface area contributed by atoms with Crippen LogP contribution in [0.25, 0.3) is 0 Å². The molecule has 1 amide bonds. The van der Waals surface area contributed by atoms with E-state index in [1.165, 1.54) is 28.7 Å². The highest BCUT2D eigenvalue weighted by Gasteiger charge is 2.22. The molecule has 0 aliphatic carbocycles. The normalized spacial score (nSPS) is 10.9. The summed E-state index contributed by atoms with van der Waals surface area (Å²) in [7, 11) is 0. The maximum absolute atomic E-state index is 12.7. The minimum absolute atomic E-state index is 0.102. The van der Waals surface area contributed by atoms with Crippen LogP contribution < -0.4 is 10.1 Å². The molecule has 0 fully saturated rings. The standard InChI is InChI=1S/C26H32N4O4S2/c1-7-13-30-21(14-34-20-11-9-19(10-12-20)16(3)4)28-29-26(30)35-15-22(31)27-24-23(25(32)33-8-2)17(5)18(6)36-24/h7,9-12,16H,1,8,13-15H2,2-6H3,(H,27,31). The van der Waals surface area contributed by atoms with Crippen molar-refractivity contribution in [2.45, 2.75) is 58.8 Å². The number of ether oxygens (including phenoxy) is 2. The van der Waals surface area contributed by atoms with Crippen molar-refractivity contribution < 1.29 is 19.1 Å². The summed E-state index contributed by atoms with van der Waals surface area (Å²) in [4.78, 5) is 26.1. The number of amides is 1. The fourth-order valence-electron chi connectivity index (χ4n) is 3.40. The Bertz CT molecular complexity index is 1220. The zero-order valence-corrected chi connectivity index (χ0v) is 22.9. The number of carbonyl (C=O) groups excluding carboxylic acids is 2. The number of allylic oxidation sites excluding steroid dienone is 1. The molecule has 0 bridgehead atoms. The molecule has 0 saturated carbocycles. The highest BCUT2D eigenvalue weighted by atomic mass is 32.2. The van der Waals surface area contributed by atoms with E-state index in [0.717, 1.165) is 16.2 Å². The third-order valence-corrected chi connectivity index (χ3v) is 7.56. The van der Waals surface area contributed by atoms with Gasteiger partial charge in [-0.3, -0.25) is 9.36 Å². The largest absolute Gasteiger partial charge is 0.486 e. The van der Waals surface area contributed by atoms with Gasteiger partial charge < -0.3 is 14.8 Å². The Morgan fingerprint density at radius 3 is 2.58 bits per heavy atom. The molecular formula is C26H32N4O4S2.